The first-order valence-electron chi connectivity index (χ1n) is 7.57. The highest BCUT2D eigenvalue weighted by Gasteiger charge is 2.10. The number of nitro benzene ring substituents is 1. The van der Waals surface area contributed by atoms with Gasteiger partial charge in [0.1, 0.15) is 5.75 Å². The fourth-order valence-electron chi connectivity index (χ4n) is 2.28. The number of ether oxygens (including phenoxy) is 1. The lowest BCUT2D eigenvalue weighted by Crippen LogP contribution is -2.15. The van der Waals surface area contributed by atoms with Crippen LogP contribution in [0.1, 0.15) is 12.0 Å². The third-order valence-corrected chi connectivity index (χ3v) is 3.50. The van der Waals surface area contributed by atoms with Gasteiger partial charge in [-0.2, -0.15) is 0 Å². The lowest BCUT2D eigenvalue weighted by Gasteiger charge is -2.15. The summed E-state index contributed by atoms with van der Waals surface area (Å²) in [5.74, 6) is 0.788. The molecule has 0 radical (unpaired) electrons. The summed E-state index contributed by atoms with van der Waals surface area (Å²) in [5, 5.41) is 14.4. The Kier molecular flexibility index (Phi) is 6.14. The van der Waals surface area contributed by atoms with Gasteiger partial charge >= 0.3 is 0 Å². The summed E-state index contributed by atoms with van der Waals surface area (Å²) in [6, 6.07) is 14.3. The highest BCUT2D eigenvalue weighted by atomic mass is 16.6. The molecule has 24 heavy (non-hydrogen) atoms. The molecule has 1 unspecified atom stereocenters. The minimum Gasteiger partial charge on any atom is -0.497 e. The van der Waals surface area contributed by atoms with Crippen molar-refractivity contribution in [3.8, 4) is 5.75 Å². The van der Waals surface area contributed by atoms with Crippen molar-refractivity contribution in [2.45, 2.75) is 12.5 Å². The standard InChI is InChI=1S/C19H20N2O3/c1-3-6-16(20-17-11-13-18(24-2)14-12-17)10-9-15-7-4-5-8-19(15)21(22)23/h3-5,7-14,16,20H,1,6H2,2H3/b10-9+. The molecule has 2 aromatic rings. The van der Waals surface area contributed by atoms with E-state index in [0.29, 0.717) is 12.0 Å². The van der Waals surface area contributed by atoms with Gasteiger partial charge in [0, 0.05) is 17.8 Å². The molecule has 1 atom stereocenters. The van der Waals surface area contributed by atoms with E-state index in [1.54, 1.807) is 31.4 Å². The first-order chi connectivity index (χ1) is 11.6. The Hall–Kier alpha value is -3.08. The Balaban J connectivity index is 2.15. The van der Waals surface area contributed by atoms with Crippen molar-refractivity contribution in [3.63, 3.8) is 0 Å². The molecule has 0 aromatic heterocycles. The molecule has 2 rings (SSSR count). The van der Waals surface area contributed by atoms with Crippen molar-refractivity contribution >= 4 is 17.5 Å². The molecule has 5 heteroatoms. The van der Waals surface area contributed by atoms with Gasteiger partial charge in [-0.25, -0.2) is 0 Å². The molecule has 0 aliphatic carbocycles. The fraction of sp³-hybridized carbons (Fsp3) is 0.158. The van der Waals surface area contributed by atoms with E-state index < -0.39 is 0 Å². The van der Waals surface area contributed by atoms with Crippen LogP contribution in [0.25, 0.3) is 6.08 Å². The maximum atomic E-state index is 11.1. The number of nitro groups is 1. The number of benzene rings is 2. The summed E-state index contributed by atoms with van der Waals surface area (Å²) < 4.78 is 5.14. The predicted molar refractivity (Wildman–Crippen MR) is 97.3 cm³/mol. The van der Waals surface area contributed by atoms with E-state index >= 15 is 0 Å². The van der Waals surface area contributed by atoms with E-state index in [9.17, 15) is 10.1 Å². The van der Waals surface area contributed by atoms with Crippen LogP contribution >= 0.6 is 0 Å². The van der Waals surface area contributed by atoms with Gasteiger partial charge in [-0.05, 0) is 36.8 Å². The number of hydrogen-bond acceptors (Lipinski definition) is 4. The molecule has 0 saturated heterocycles. The quantitative estimate of drug-likeness (QED) is 0.435. The van der Waals surface area contributed by atoms with Crippen molar-refractivity contribution in [1.82, 2.24) is 0 Å². The van der Waals surface area contributed by atoms with E-state index in [0.717, 1.165) is 11.4 Å². The second-order valence-corrected chi connectivity index (χ2v) is 5.18. The smallest absolute Gasteiger partial charge is 0.276 e. The molecule has 0 aliphatic heterocycles. The van der Waals surface area contributed by atoms with Crippen LogP contribution in [0.2, 0.25) is 0 Å². The van der Waals surface area contributed by atoms with Crippen molar-refractivity contribution in [1.29, 1.82) is 0 Å². The number of para-hydroxylation sites is 1. The first-order valence-corrected chi connectivity index (χ1v) is 7.57. The third-order valence-electron chi connectivity index (χ3n) is 3.50. The number of nitrogens with one attached hydrogen (secondary N) is 1. The fourth-order valence-corrected chi connectivity index (χ4v) is 2.28. The van der Waals surface area contributed by atoms with E-state index in [-0.39, 0.29) is 16.7 Å². The van der Waals surface area contributed by atoms with Gasteiger partial charge in [-0.3, -0.25) is 10.1 Å². The van der Waals surface area contributed by atoms with Crippen LogP contribution in [-0.2, 0) is 0 Å². The maximum absolute atomic E-state index is 11.1. The van der Waals surface area contributed by atoms with Gasteiger partial charge in [0.25, 0.3) is 5.69 Å². The van der Waals surface area contributed by atoms with Gasteiger partial charge in [-0.1, -0.05) is 30.4 Å². The summed E-state index contributed by atoms with van der Waals surface area (Å²) in [7, 11) is 1.62. The van der Waals surface area contributed by atoms with Crippen molar-refractivity contribution in [3.05, 3.63) is 82.9 Å². The summed E-state index contributed by atoms with van der Waals surface area (Å²) >= 11 is 0. The molecule has 5 nitrogen and oxygen atoms in total. The van der Waals surface area contributed by atoms with Crippen molar-refractivity contribution in [2.24, 2.45) is 0 Å². The van der Waals surface area contributed by atoms with Crippen LogP contribution in [0.5, 0.6) is 5.75 Å². The largest absolute Gasteiger partial charge is 0.497 e. The molecule has 0 spiro atoms. The normalized spacial score (nSPS) is 11.9. The van der Waals surface area contributed by atoms with Crippen LogP contribution in [0.15, 0.2) is 67.3 Å². The zero-order valence-corrected chi connectivity index (χ0v) is 13.5. The minimum atomic E-state index is -0.376. The summed E-state index contributed by atoms with van der Waals surface area (Å²) in [5.41, 5.74) is 1.61. The lowest BCUT2D eigenvalue weighted by atomic mass is 10.1. The SMILES string of the molecule is C=CCC(/C=C/c1ccccc1[N+](=O)[O-])Nc1ccc(OC)cc1. The van der Waals surface area contributed by atoms with Gasteiger partial charge in [0.05, 0.1) is 17.6 Å². The van der Waals surface area contributed by atoms with Crippen molar-refractivity contribution < 1.29 is 9.66 Å². The molecule has 2 aromatic carbocycles. The number of methoxy groups -OCH3 is 1. The molecule has 0 fully saturated rings. The van der Waals surface area contributed by atoms with Gasteiger partial charge in [-0.15, -0.1) is 6.58 Å². The number of rotatable bonds is 8. The zero-order valence-electron chi connectivity index (χ0n) is 13.5. The topological polar surface area (TPSA) is 64.4 Å². The Morgan fingerprint density at radius 3 is 2.58 bits per heavy atom. The molecule has 0 amide bonds. The first kappa shape index (κ1) is 17.3. The van der Waals surface area contributed by atoms with Gasteiger partial charge in [0.2, 0.25) is 0 Å². The highest BCUT2D eigenvalue weighted by Crippen LogP contribution is 2.21. The molecule has 1 N–H and O–H groups in total. The van der Waals surface area contributed by atoms with Gasteiger partial charge < -0.3 is 10.1 Å². The second-order valence-electron chi connectivity index (χ2n) is 5.18. The van der Waals surface area contributed by atoms with Crippen molar-refractivity contribution in [2.75, 3.05) is 12.4 Å². The molecule has 0 heterocycles. The Labute approximate surface area is 141 Å². The molecule has 124 valence electrons. The summed E-state index contributed by atoms with van der Waals surface area (Å²) in [4.78, 5) is 10.7. The molecule has 0 bridgehead atoms. The third kappa shape index (κ3) is 4.71. The van der Waals surface area contributed by atoms with Crippen LogP contribution in [0.4, 0.5) is 11.4 Å². The summed E-state index contributed by atoms with van der Waals surface area (Å²) in [6.45, 7) is 3.77. The Bertz CT molecular complexity index is 724. The summed E-state index contributed by atoms with van der Waals surface area (Å²) in [6.07, 6.45) is 6.19. The molecular weight excluding hydrogens is 304 g/mol. The molecule has 0 saturated carbocycles. The number of nitrogens with zero attached hydrogens (tertiary/aromatic N) is 1. The Morgan fingerprint density at radius 1 is 1.25 bits per heavy atom. The maximum Gasteiger partial charge on any atom is 0.276 e. The van der Waals surface area contributed by atoms with E-state index in [1.807, 2.05) is 36.4 Å². The van der Waals surface area contributed by atoms with Crippen LogP contribution in [0, 0.1) is 10.1 Å². The monoisotopic (exact) mass is 324 g/mol. The lowest BCUT2D eigenvalue weighted by molar-refractivity contribution is -0.385. The number of anilines is 1. The van der Waals surface area contributed by atoms with Crippen LogP contribution in [-0.4, -0.2) is 18.1 Å². The van der Waals surface area contributed by atoms with E-state index in [1.165, 1.54) is 6.07 Å². The van der Waals surface area contributed by atoms with Crippen LogP contribution in [0.3, 0.4) is 0 Å². The second kappa shape index (κ2) is 8.53. The average molecular weight is 324 g/mol. The highest BCUT2D eigenvalue weighted by molar-refractivity contribution is 5.62. The predicted octanol–water partition coefficient (Wildman–Crippen LogP) is 4.67. The van der Waals surface area contributed by atoms with Crippen LogP contribution < -0.4 is 10.1 Å². The molecule has 0 aliphatic rings. The van der Waals surface area contributed by atoms with E-state index in [2.05, 4.69) is 11.9 Å². The average Bonchev–Trinajstić information content (AvgIpc) is 2.60. The zero-order chi connectivity index (χ0) is 17.4. The van der Waals surface area contributed by atoms with Gasteiger partial charge in [0.15, 0.2) is 0 Å². The Morgan fingerprint density at radius 2 is 1.96 bits per heavy atom. The molecular formula is C19H20N2O3. The number of hydrogen-bond donors (Lipinski definition) is 1. The minimum absolute atomic E-state index is 0.0179. The van der Waals surface area contributed by atoms with E-state index in [4.69, 9.17) is 4.74 Å².